The summed E-state index contributed by atoms with van der Waals surface area (Å²) in [6, 6.07) is 1.46. The monoisotopic (exact) mass is 437 g/mol. The van der Waals surface area contributed by atoms with E-state index in [0.29, 0.717) is 18.1 Å². The fraction of sp³-hybridized carbons (Fsp3) is 0.875. The lowest BCUT2D eigenvalue weighted by molar-refractivity contribution is -0.119. The zero-order chi connectivity index (χ0) is 15.9. The lowest BCUT2D eigenvalue weighted by atomic mass is 10.0. The molecule has 6 nitrogen and oxygen atoms in total. The highest BCUT2D eigenvalue weighted by Gasteiger charge is 2.23. The maximum absolute atomic E-state index is 11.7. The minimum Gasteiger partial charge on any atom is -0.357 e. The van der Waals surface area contributed by atoms with Crippen molar-refractivity contribution in [2.24, 2.45) is 4.99 Å². The molecule has 0 aromatic carbocycles. The van der Waals surface area contributed by atoms with Gasteiger partial charge in [0.15, 0.2) is 5.96 Å². The first kappa shape index (κ1) is 20.5. The first-order valence-electron chi connectivity index (χ1n) is 8.66. The largest absolute Gasteiger partial charge is 0.357 e. The Kier molecular flexibility index (Phi) is 9.19. The zero-order valence-electron chi connectivity index (χ0n) is 14.6. The van der Waals surface area contributed by atoms with Crippen molar-refractivity contribution >= 4 is 35.8 Å². The molecule has 2 rings (SSSR count). The number of carbonyl (C=O) groups is 1. The quantitative estimate of drug-likeness (QED) is 0.333. The highest BCUT2D eigenvalue weighted by Crippen LogP contribution is 2.18. The molecule has 2 fully saturated rings. The minimum absolute atomic E-state index is 0. The molecule has 23 heavy (non-hydrogen) atoms. The topological polar surface area (TPSA) is 68.8 Å². The molecule has 7 heteroatoms. The molecule has 0 spiro atoms. The van der Waals surface area contributed by atoms with Gasteiger partial charge in [-0.05, 0) is 46.5 Å². The Morgan fingerprint density at radius 2 is 1.74 bits per heavy atom. The van der Waals surface area contributed by atoms with Crippen LogP contribution in [0.3, 0.4) is 0 Å². The molecule has 134 valence electrons. The van der Waals surface area contributed by atoms with Crippen LogP contribution in [-0.4, -0.2) is 61.1 Å². The average molecular weight is 437 g/mol. The van der Waals surface area contributed by atoms with Crippen molar-refractivity contribution < 1.29 is 4.79 Å². The first-order valence-corrected chi connectivity index (χ1v) is 8.66. The third-order valence-corrected chi connectivity index (χ3v) is 4.27. The fourth-order valence-corrected chi connectivity index (χ4v) is 2.73. The molecule has 0 radical (unpaired) electrons. The molecule has 1 aliphatic carbocycles. The Labute approximate surface area is 157 Å². The van der Waals surface area contributed by atoms with E-state index in [9.17, 15) is 4.79 Å². The summed E-state index contributed by atoms with van der Waals surface area (Å²) < 4.78 is 0. The molecule has 1 saturated heterocycles. The Morgan fingerprint density at radius 1 is 1.13 bits per heavy atom. The van der Waals surface area contributed by atoms with Gasteiger partial charge in [0, 0.05) is 37.8 Å². The number of rotatable bonds is 6. The van der Waals surface area contributed by atoms with Crippen molar-refractivity contribution in [2.75, 3.05) is 26.2 Å². The maximum Gasteiger partial charge on any atom is 0.242 e. The van der Waals surface area contributed by atoms with Crippen molar-refractivity contribution in [3.05, 3.63) is 0 Å². The molecule has 0 atom stereocenters. The van der Waals surface area contributed by atoms with Gasteiger partial charge >= 0.3 is 0 Å². The van der Waals surface area contributed by atoms with Crippen LogP contribution < -0.4 is 16.0 Å². The Morgan fingerprint density at radius 3 is 2.26 bits per heavy atom. The summed E-state index contributed by atoms with van der Waals surface area (Å²) in [5, 5.41) is 9.67. The van der Waals surface area contributed by atoms with Gasteiger partial charge in [-0.1, -0.05) is 0 Å². The highest BCUT2D eigenvalue weighted by atomic mass is 127. The summed E-state index contributed by atoms with van der Waals surface area (Å²) in [5.74, 6) is 0.783. The van der Waals surface area contributed by atoms with E-state index in [1.165, 1.54) is 0 Å². The van der Waals surface area contributed by atoms with Crippen LogP contribution in [0, 0.1) is 0 Å². The van der Waals surface area contributed by atoms with E-state index < -0.39 is 0 Å². The smallest absolute Gasteiger partial charge is 0.242 e. The van der Waals surface area contributed by atoms with Gasteiger partial charge in [0.05, 0.1) is 0 Å². The van der Waals surface area contributed by atoms with Crippen molar-refractivity contribution in [3.8, 4) is 0 Å². The van der Waals surface area contributed by atoms with Gasteiger partial charge in [-0.3, -0.25) is 4.79 Å². The number of halogens is 1. The zero-order valence-corrected chi connectivity index (χ0v) is 16.9. The molecule has 0 bridgehead atoms. The van der Waals surface area contributed by atoms with Crippen molar-refractivity contribution in [2.45, 2.75) is 64.6 Å². The molecule has 0 aromatic rings. The van der Waals surface area contributed by atoms with Gasteiger partial charge in [0.2, 0.25) is 5.91 Å². The van der Waals surface area contributed by atoms with Gasteiger partial charge in [-0.15, -0.1) is 24.0 Å². The first-order chi connectivity index (χ1) is 10.6. The van der Waals surface area contributed by atoms with E-state index in [4.69, 9.17) is 0 Å². The van der Waals surface area contributed by atoms with Crippen molar-refractivity contribution in [3.63, 3.8) is 0 Å². The summed E-state index contributed by atoms with van der Waals surface area (Å²) >= 11 is 0. The number of amides is 1. The van der Waals surface area contributed by atoms with Crippen molar-refractivity contribution in [1.29, 1.82) is 0 Å². The second kappa shape index (κ2) is 10.3. The molecule has 3 N–H and O–H groups in total. The average Bonchev–Trinajstić information content (AvgIpc) is 3.29. The normalized spacial score (nSPS) is 20.1. The number of hydrogen-bond acceptors (Lipinski definition) is 3. The number of nitrogens with zero attached hydrogens (tertiary/aromatic N) is 2. The lowest BCUT2D eigenvalue weighted by Gasteiger charge is -2.35. The Balaban J connectivity index is 0.00000264. The molecule has 1 heterocycles. The van der Waals surface area contributed by atoms with Gasteiger partial charge in [-0.2, -0.15) is 0 Å². The lowest BCUT2D eigenvalue weighted by Crippen LogP contribution is -2.50. The van der Waals surface area contributed by atoms with Gasteiger partial charge < -0.3 is 20.9 Å². The summed E-state index contributed by atoms with van der Waals surface area (Å²) in [6.45, 7) is 9.80. The standard InChI is InChI=1S/C16H31N5O.HI/c1-4-17-16(18-11-15(22)19-13-5-6-13)20-14-7-9-21(10-8-14)12(2)3;/h12-14H,4-11H2,1-3H3,(H,19,22)(H2,17,18,20);1H. The van der Waals surface area contributed by atoms with Gasteiger partial charge in [0.1, 0.15) is 6.54 Å². The molecule has 1 aliphatic heterocycles. The number of aliphatic imine (C=N–C) groups is 1. The number of likely N-dealkylation sites (tertiary alicyclic amines) is 1. The van der Waals surface area contributed by atoms with E-state index in [1.807, 2.05) is 6.92 Å². The number of piperidine rings is 1. The predicted molar refractivity (Wildman–Crippen MR) is 105 cm³/mol. The van der Waals surface area contributed by atoms with E-state index >= 15 is 0 Å². The molecule has 2 aliphatic rings. The minimum atomic E-state index is 0. The number of hydrogen-bond donors (Lipinski definition) is 3. The van der Waals surface area contributed by atoms with Crippen LogP contribution in [0.1, 0.15) is 46.5 Å². The van der Waals surface area contributed by atoms with Crippen LogP contribution in [0.15, 0.2) is 4.99 Å². The van der Waals surface area contributed by atoms with Crippen LogP contribution in [0.4, 0.5) is 0 Å². The van der Waals surface area contributed by atoms with E-state index in [2.05, 4.69) is 39.7 Å². The summed E-state index contributed by atoms with van der Waals surface area (Å²) in [5.41, 5.74) is 0. The SMILES string of the molecule is CCNC(=NCC(=O)NC1CC1)NC1CCN(C(C)C)CC1.I. The highest BCUT2D eigenvalue weighted by molar-refractivity contribution is 14.0. The fourth-order valence-electron chi connectivity index (χ4n) is 2.73. The second-order valence-electron chi connectivity index (χ2n) is 6.59. The van der Waals surface area contributed by atoms with Crippen LogP contribution in [0.5, 0.6) is 0 Å². The number of carbonyl (C=O) groups excluding carboxylic acids is 1. The number of nitrogens with one attached hydrogen (secondary N) is 3. The molecular formula is C16H32IN5O. The van der Waals surface area contributed by atoms with Crippen LogP contribution in [0.25, 0.3) is 0 Å². The van der Waals surface area contributed by atoms with Crippen molar-refractivity contribution in [1.82, 2.24) is 20.9 Å². The molecule has 1 saturated carbocycles. The molecule has 1 amide bonds. The Hall–Kier alpha value is -0.570. The van der Waals surface area contributed by atoms with Crippen LogP contribution >= 0.6 is 24.0 Å². The summed E-state index contributed by atoms with van der Waals surface area (Å²) in [7, 11) is 0. The van der Waals surface area contributed by atoms with E-state index in [-0.39, 0.29) is 36.4 Å². The number of guanidine groups is 1. The third-order valence-electron chi connectivity index (χ3n) is 4.27. The van der Waals surface area contributed by atoms with Crippen LogP contribution in [-0.2, 0) is 4.79 Å². The third kappa shape index (κ3) is 7.69. The summed E-state index contributed by atoms with van der Waals surface area (Å²) in [6.07, 6.45) is 4.47. The van der Waals surface area contributed by atoms with E-state index in [1.54, 1.807) is 0 Å². The van der Waals surface area contributed by atoms with Gasteiger partial charge in [-0.25, -0.2) is 4.99 Å². The van der Waals surface area contributed by atoms with Crippen LogP contribution in [0.2, 0.25) is 0 Å². The summed E-state index contributed by atoms with van der Waals surface area (Å²) in [4.78, 5) is 18.6. The molecular weight excluding hydrogens is 405 g/mol. The van der Waals surface area contributed by atoms with Gasteiger partial charge in [0.25, 0.3) is 0 Å². The molecule has 0 aromatic heterocycles. The second-order valence-corrected chi connectivity index (χ2v) is 6.59. The van der Waals surface area contributed by atoms with E-state index in [0.717, 1.165) is 51.3 Å². The predicted octanol–water partition coefficient (Wildman–Crippen LogP) is 1.31. The molecule has 0 unspecified atom stereocenters. The maximum atomic E-state index is 11.7. The Bertz CT molecular complexity index is 390.